The zero-order valence-electron chi connectivity index (χ0n) is 12.2. The number of ether oxygens (including phenoxy) is 1. The zero-order valence-corrected chi connectivity index (χ0v) is 13.8. The van der Waals surface area contributed by atoms with Crippen molar-refractivity contribution in [2.75, 3.05) is 13.7 Å². The molecule has 1 aromatic rings. The van der Waals surface area contributed by atoms with Crippen LogP contribution in [0.3, 0.4) is 0 Å². The molecule has 0 saturated heterocycles. The molecule has 0 heterocycles. The van der Waals surface area contributed by atoms with Crippen LogP contribution in [0.1, 0.15) is 25.3 Å². The summed E-state index contributed by atoms with van der Waals surface area (Å²) in [5, 5.41) is 3.44. The Morgan fingerprint density at radius 3 is 2.67 bits per heavy atom. The van der Waals surface area contributed by atoms with Gasteiger partial charge in [-0.05, 0) is 44.5 Å². The van der Waals surface area contributed by atoms with Gasteiger partial charge in [-0.25, -0.2) is 13.1 Å². The molecule has 0 bridgehead atoms. The van der Waals surface area contributed by atoms with E-state index in [1.165, 1.54) is 6.07 Å². The highest BCUT2D eigenvalue weighted by Crippen LogP contribution is 2.26. The Morgan fingerprint density at radius 2 is 2.10 bits per heavy atom. The zero-order chi connectivity index (χ0) is 15.5. The third-order valence-corrected chi connectivity index (χ3v) is 5.39. The van der Waals surface area contributed by atoms with Crippen molar-refractivity contribution in [1.29, 1.82) is 0 Å². The van der Waals surface area contributed by atoms with E-state index in [0.717, 1.165) is 18.4 Å². The molecule has 118 valence electrons. The maximum Gasteiger partial charge on any atom is 0.240 e. The number of nitrogens with one attached hydrogen (secondary N) is 2. The van der Waals surface area contributed by atoms with Gasteiger partial charge in [-0.15, -0.1) is 0 Å². The van der Waals surface area contributed by atoms with E-state index in [-0.39, 0.29) is 17.0 Å². The van der Waals surface area contributed by atoms with E-state index in [9.17, 15) is 8.42 Å². The van der Waals surface area contributed by atoms with Crippen molar-refractivity contribution in [1.82, 2.24) is 10.0 Å². The second kappa shape index (κ2) is 7.07. The summed E-state index contributed by atoms with van der Waals surface area (Å²) in [6, 6.07) is 4.76. The molecule has 0 aromatic heterocycles. The van der Waals surface area contributed by atoms with Crippen LogP contribution < -0.4 is 10.0 Å². The van der Waals surface area contributed by atoms with E-state index in [0.29, 0.717) is 18.2 Å². The average Bonchev–Trinajstić information content (AvgIpc) is 2.39. The Balaban J connectivity index is 2.01. The summed E-state index contributed by atoms with van der Waals surface area (Å²) >= 11 is 6.11. The molecule has 0 amide bonds. The van der Waals surface area contributed by atoms with Crippen LogP contribution in [0, 0.1) is 0 Å². The highest BCUT2D eigenvalue weighted by Gasteiger charge is 2.33. The SMILES string of the molecule is CCOC1CC(NS(=O)(=O)c2ccc(CNC)c(Cl)c2)C1. The Kier molecular flexibility index (Phi) is 5.62. The van der Waals surface area contributed by atoms with Crippen LogP contribution in [0.25, 0.3) is 0 Å². The molecule has 1 aromatic carbocycles. The Morgan fingerprint density at radius 1 is 1.38 bits per heavy atom. The molecular weight excluding hydrogens is 312 g/mol. The molecule has 0 unspecified atom stereocenters. The van der Waals surface area contributed by atoms with Gasteiger partial charge in [0.25, 0.3) is 0 Å². The fraction of sp³-hybridized carbons (Fsp3) is 0.571. The van der Waals surface area contributed by atoms with Crippen LogP contribution in [0.4, 0.5) is 0 Å². The molecular formula is C14H21ClN2O3S. The van der Waals surface area contributed by atoms with Gasteiger partial charge < -0.3 is 10.1 Å². The summed E-state index contributed by atoms with van der Waals surface area (Å²) in [5.41, 5.74) is 0.873. The molecule has 2 rings (SSSR count). The lowest BCUT2D eigenvalue weighted by Crippen LogP contribution is -2.47. The van der Waals surface area contributed by atoms with Crippen LogP contribution in [-0.2, 0) is 21.3 Å². The fourth-order valence-electron chi connectivity index (χ4n) is 2.35. The van der Waals surface area contributed by atoms with Crippen molar-refractivity contribution in [3.05, 3.63) is 28.8 Å². The van der Waals surface area contributed by atoms with Gasteiger partial charge in [-0.1, -0.05) is 17.7 Å². The minimum Gasteiger partial charge on any atom is -0.378 e. The monoisotopic (exact) mass is 332 g/mol. The maximum atomic E-state index is 12.3. The summed E-state index contributed by atoms with van der Waals surface area (Å²) in [4.78, 5) is 0.201. The second-order valence-corrected chi connectivity index (χ2v) is 7.27. The minimum absolute atomic E-state index is 0.0534. The van der Waals surface area contributed by atoms with Crippen molar-refractivity contribution in [2.24, 2.45) is 0 Å². The van der Waals surface area contributed by atoms with Crippen molar-refractivity contribution in [2.45, 2.75) is 43.4 Å². The van der Waals surface area contributed by atoms with Crippen molar-refractivity contribution in [3.63, 3.8) is 0 Å². The second-order valence-electron chi connectivity index (χ2n) is 5.15. The fourth-order valence-corrected chi connectivity index (χ4v) is 3.95. The molecule has 0 spiro atoms. The van der Waals surface area contributed by atoms with Gasteiger partial charge in [0, 0.05) is 24.2 Å². The number of sulfonamides is 1. The number of benzene rings is 1. The van der Waals surface area contributed by atoms with Gasteiger partial charge >= 0.3 is 0 Å². The molecule has 0 atom stereocenters. The maximum absolute atomic E-state index is 12.3. The molecule has 2 N–H and O–H groups in total. The molecule has 1 aliphatic rings. The standard InChI is InChI=1S/C14H21ClN2O3S/c1-3-20-12-6-11(7-12)17-21(18,19)13-5-4-10(9-16-2)14(15)8-13/h4-5,8,11-12,16-17H,3,6-7,9H2,1-2H3. The lowest BCUT2D eigenvalue weighted by atomic mass is 9.90. The topological polar surface area (TPSA) is 67.4 Å². The Bertz CT molecular complexity index is 586. The quantitative estimate of drug-likeness (QED) is 0.800. The normalized spacial score (nSPS) is 22.0. The van der Waals surface area contributed by atoms with E-state index in [1.54, 1.807) is 12.1 Å². The van der Waals surface area contributed by atoms with Gasteiger partial charge in [0.1, 0.15) is 0 Å². The molecule has 1 fully saturated rings. The van der Waals surface area contributed by atoms with Crippen LogP contribution in [-0.4, -0.2) is 34.2 Å². The lowest BCUT2D eigenvalue weighted by Gasteiger charge is -2.35. The molecule has 0 radical (unpaired) electrons. The van der Waals surface area contributed by atoms with Gasteiger partial charge in [-0.3, -0.25) is 0 Å². The first kappa shape index (κ1) is 16.7. The highest BCUT2D eigenvalue weighted by molar-refractivity contribution is 7.89. The first-order valence-corrected chi connectivity index (χ1v) is 8.89. The highest BCUT2D eigenvalue weighted by atomic mass is 35.5. The van der Waals surface area contributed by atoms with E-state index in [1.807, 2.05) is 14.0 Å². The van der Waals surface area contributed by atoms with E-state index >= 15 is 0 Å². The predicted molar refractivity (Wildman–Crippen MR) is 83.0 cm³/mol. The largest absolute Gasteiger partial charge is 0.378 e. The van der Waals surface area contributed by atoms with Crippen molar-refractivity contribution < 1.29 is 13.2 Å². The summed E-state index contributed by atoms with van der Waals surface area (Å²) in [5.74, 6) is 0. The molecule has 1 aliphatic carbocycles. The van der Waals surface area contributed by atoms with Gasteiger partial charge in [-0.2, -0.15) is 0 Å². The lowest BCUT2D eigenvalue weighted by molar-refractivity contribution is -0.00475. The number of hydrogen-bond acceptors (Lipinski definition) is 4. The number of rotatable bonds is 7. The average molecular weight is 333 g/mol. The molecule has 5 nitrogen and oxygen atoms in total. The number of halogens is 1. The summed E-state index contributed by atoms with van der Waals surface area (Å²) in [6.07, 6.45) is 1.61. The molecule has 0 aliphatic heterocycles. The Hall–Kier alpha value is -0.660. The smallest absolute Gasteiger partial charge is 0.240 e. The predicted octanol–water partition coefficient (Wildman–Crippen LogP) is 1.91. The third kappa shape index (κ3) is 4.17. The van der Waals surface area contributed by atoms with Crippen molar-refractivity contribution in [3.8, 4) is 0 Å². The first-order valence-electron chi connectivity index (χ1n) is 7.03. The van der Waals surface area contributed by atoms with Crippen LogP contribution in [0.5, 0.6) is 0 Å². The summed E-state index contributed by atoms with van der Waals surface area (Å²) in [6.45, 7) is 3.20. The van der Waals surface area contributed by atoms with E-state index in [4.69, 9.17) is 16.3 Å². The number of hydrogen-bond donors (Lipinski definition) is 2. The first-order chi connectivity index (χ1) is 9.96. The summed E-state index contributed by atoms with van der Waals surface area (Å²) < 4.78 is 32.7. The van der Waals surface area contributed by atoms with Crippen LogP contribution >= 0.6 is 11.6 Å². The van der Waals surface area contributed by atoms with Crippen molar-refractivity contribution >= 4 is 21.6 Å². The Labute approximate surface area is 131 Å². The van der Waals surface area contributed by atoms with E-state index in [2.05, 4.69) is 10.0 Å². The molecule has 7 heteroatoms. The minimum atomic E-state index is -3.52. The van der Waals surface area contributed by atoms with Gasteiger partial charge in [0.15, 0.2) is 0 Å². The van der Waals surface area contributed by atoms with Crippen LogP contribution in [0.15, 0.2) is 23.1 Å². The molecule has 1 saturated carbocycles. The third-order valence-electron chi connectivity index (χ3n) is 3.52. The van der Waals surface area contributed by atoms with Crippen LogP contribution in [0.2, 0.25) is 5.02 Å². The molecule has 21 heavy (non-hydrogen) atoms. The summed E-state index contributed by atoms with van der Waals surface area (Å²) in [7, 11) is -1.71. The van der Waals surface area contributed by atoms with Gasteiger partial charge in [0.2, 0.25) is 10.0 Å². The van der Waals surface area contributed by atoms with Gasteiger partial charge in [0.05, 0.1) is 11.0 Å². The van der Waals surface area contributed by atoms with E-state index < -0.39 is 10.0 Å².